The zero-order chi connectivity index (χ0) is 18.5. The molecule has 1 amide bonds. The fraction of sp³-hybridized carbons (Fsp3) is 0.526. The molecule has 1 aromatic heterocycles. The number of amides is 1. The third-order valence-electron chi connectivity index (χ3n) is 4.74. The van der Waals surface area contributed by atoms with E-state index in [-0.39, 0.29) is 24.2 Å². The molecule has 0 aliphatic carbocycles. The van der Waals surface area contributed by atoms with Crippen molar-refractivity contribution >= 4 is 5.91 Å². The molecular formula is C19H26N4O3. The van der Waals surface area contributed by atoms with Gasteiger partial charge in [0.05, 0.1) is 25.9 Å². The van der Waals surface area contributed by atoms with Crippen LogP contribution in [-0.4, -0.2) is 39.9 Å². The van der Waals surface area contributed by atoms with E-state index in [1.807, 2.05) is 12.1 Å². The van der Waals surface area contributed by atoms with Gasteiger partial charge in [0.1, 0.15) is 18.4 Å². The van der Waals surface area contributed by atoms with Crippen LogP contribution in [0, 0.1) is 0 Å². The second-order valence-electron chi connectivity index (χ2n) is 6.69. The van der Waals surface area contributed by atoms with Crippen LogP contribution >= 0.6 is 0 Å². The number of benzene rings is 1. The summed E-state index contributed by atoms with van der Waals surface area (Å²) in [6.45, 7) is 4.26. The maximum atomic E-state index is 11.5. The van der Waals surface area contributed by atoms with Gasteiger partial charge in [0.2, 0.25) is 5.91 Å². The van der Waals surface area contributed by atoms with E-state index in [0.717, 1.165) is 36.1 Å². The van der Waals surface area contributed by atoms with E-state index >= 15 is 0 Å². The van der Waals surface area contributed by atoms with E-state index in [9.17, 15) is 4.79 Å². The lowest BCUT2D eigenvalue weighted by molar-refractivity contribution is -0.122. The van der Waals surface area contributed by atoms with Crippen LogP contribution in [-0.2, 0) is 16.1 Å². The Balaban J connectivity index is 1.83. The number of methoxy groups -OCH3 is 1. The first-order chi connectivity index (χ1) is 12.6. The Morgan fingerprint density at radius 2 is 2.27 bits per heavy atom. The lowest BCUT2D eigenvalue weighted by atomic mass is 9.92. The molecule has 7 nitrogen and oxygen atoms in total. The van der Waals surface area contributed by atoms with Crippen LogP contribution in [0.4, 0.5) is 0 Å². The minimum absolute atomic E-state index is 0.00658. The maximum absolute atomic E-state index is 11.5. The Hall–Kier alpha value is -2.41. The minimum atomic E-state index is -0.0500. The van der Waals surface area contributed by atoms with E-state index in [1.54, 1.807) is 25.0 Å². The normalized spacial score (nSPS) is 22.8. The van der Waals surface area contributed by atoms with Crippen molar-refractivity contribution in [2.45, 2.75) is 57.9 Å². The standard InChI is InChI=1S/C19H26N4O3/c1-4-17-8-16(22-13(2)24)9-19(26-17)14-5-6-18(25-3)15(7-14)10-23-12-20-11-21-23/h5-7,11-12,16-17,19H,4,8-10H2,1-3H3,(H,22,24)/t16-,17+,19+/m1/s1. The number of carbonyl (C=O) groups excluding carboxylic acids is 1. The van der Waals surface area contributed by atoms with Gasteiger partial charge in [0, 0.05) is 18.5 Å². The van der Waals surface area contributed by atoms with E-state index in [2.05, 4.69) is 28.4 Å². The number of hydrogen-bond acceptors (Lipinski definition) is 5. The fourth-order valence-corrected chi connectivity index (χ4v) is 3.51. The molecule has 1 aliphatic rings. The highest BCUT2D eigenvalue weighted by atomic mass is 16.5. The molecule has 1 aromatic carbocycles. The van der Waals surface area contributed by atoms with Gasteiger partial charge in [-0.05, 0) is 37.0 Å². The number of rotatable bonds is 6. The van der Waals surface area contributed by atoms with Crippen LogP contribution in [0.1, 0.15) is 50.3 Å². The number of nitrogens with zero attached hydrogens (tertiary/aromatic N) is 3. The van der Waals surface area contributed by atoms with Crippen molar-refractivity contribution in [1.29, 1.82) is 0 Å². The van der Waals surface area contributed by atoms with Crippen molar-refractivity contribution in [2.75, 3.05) is 7.11 Å². The zero-order valence-corrected chi connectivity index (χ0v) is 15.5. The smallest absolute Gasteiger partial charge is 0.217 e. The van der Waals surface area contributed by atoms with Crippen molar-refractivity contribution in [3.63, 3.8) is 0 Å². The molecule has 26 heavy (non-hydrogen) atoms. The molecule has 1 fully saturated rings. The number of aromatic nitrogens is 3. The maximum Gasteiger partial charge on any atom is 0.217 e. The van der Waals surface area contributed by atoms with Crippen LogP contribution in [0.15, 0.2) is 30.9 Å². The molecular weight excluding hydrogens is 332 g/mol. The van der Waals surface area contributed by atoms with Gasteiger partial charge < -0.3 is 14.8 Å². The van der Waals surface area contributed by atoms with Gasteiger partial charge in [0.15, 0.2) is 0 Å². The van der Waals surface area contributed by atoms with E-state index in [1.165, 1.54) is 6.33 Å². The third-order valence-corrected chi connectivity index (χ3v) is 4.74. The van der Waals surface area contributed by atoms with Gasteiger partial charge in [-0.15, -0.1) is 0 Å². The summed E-state index contributed by atoms with van der Waals surface area (Å²) in [5.41, 5.74) is 2.11. The second kappa shape index (κ2) is 8.31. The highest BCUT2D eigenvalue weighted by Gasteiger charge is 2.30. The molecule has 3 atom stereocenters. The first-order valence-electron chi connectivity index (χ1n) is 9.00. The van der Waals surface area contributed by atoms with Gasteiger partial charge in [0.25, 0.3) is 0 Å². The summed E-state index contributed by atoms with van der Waals surface area (Å²) in [5, 5.41) is 7.22. The predicted molar refractivity (Wildman–Crippen MR) is 96.9 cm³/mol. The molecule has 0 spiro atoms. The molecule has 7 heteroatoms. The lowest BCUT2D eigenvalue weighted by Gasteiger charge is -2.36. The average molecular weight is 358 g/mol. The fourth-order valence-electron chi connectivity index (χ4n) is 3.51. The Morgan fingerprint density at radius 1 is 1.42 bits per heavy atom. The Kier molecular flexibility index (Phi) is 5.88. The van der Waals surface area contributed by atoms with Crippen LogP contribution in [0.3, 0.4) is 0 Å². The third kappa shape index (κ3) is 4.40. The summed E-state index contributed by atoms with van der Waals surface area (Å²) in [7, 11) is 1.66. The van der Waals surface area contributed by atoms with Crippen LogP contribution < -0.4 is 10.1 Å². The summed E-state index contributed by atoms with van der Waals surface area (Å²) in [4.78, 5) is 15.5. The summed E-state index contributed by atoms with van der Waals surface area (Å²) in [6, 6.07) is 6.25. The van der Waals surface area contributed by atoms with Crippen molar-refractivity contribution < 1.29 is 14.3 Å². The quantitative estimate of drug-likeness (QED) is 0.858. The Labute approximate surface area is 153 Å². The number of ether oxygens (including phenoxy) is 2. The molecule has 2 heterocycles. The SMILES string of the molecule is CC[C@H]1C[C@@H](NC(C)=O)C[C@@H](c2ccc(OC)c(Cn3cncn3)c2)O1. The topological polar surface area (TPSA) is 78.3 Å². The number of carbonyl (C=O) groups is 1. The van der Waals surface area contributed by atoms with Gasteiger partial charge in [-0.3, -0.25) is 4.79 Å². The summed E-state index contributed by atoms with van der Waals surface area (Å²) in [6.07, 6.45) is 5.85. The van der Waals surface area contributed by atoms with Gasteiger partial charge >= 0.3 is 0 Å². The molecule has 1 N–H and O–H groups in total. The summed E-state index contributed by atoms with van der Waals surface area (Å²) >= 11 is 0. The van der Waals surface area contributed by atoms with E-state index < -0.39 is 0 Å². The largest absolute Gasteiger partial charge is 0.496 e. The highest BCUT2D eigenvalue weighted by molar-refractivity contribution is 5.73. The van der Waals surface area contributed by atoms with Gasteiger partial charge in [-0.25, -0.2) is 9.67 Å². The van der Waals surface area contributed by atoms with Crippen LogP contribution in [0.5, 0.6) is 5.75 Å². The molecule has 0 radical (unpaired) electrons. The number of hydrogen-bond donors (Lipinski definition) is 1. The predicted octanol–water partition coefficient (Wildman–Crippen LogP) is 2.47. The van der Waals surface area contributed by atoms with Gasteiger partial charge in [-0.1, -0.05) is 13.0 Å². The van der Waals surface area contributed by atoms with E-state index in [4.69, 9.17) is 9.47 Å². The molecule has 1 aliphatic heterocycles. The molecule has 2 aromatic rings. The van der Waals surface area contributed by atoms with Crippen molar-refractivity contribution in [3.8, 4) is 5.75 Å². The highest BCUT2D eigenvalue weighted by Crippen LogP contribution is 2.34. The first kappa shape index (κ1) is 18.4. The number of nitrogens with one attached hydrogen (secondary N) is 1. The second-order valence-corrected chi connectivity index (χ2v) is 6.69. The van der Waals surface area contributed by atoms with Crippen molar-refractivity contribution in [1.82, 2.24) is 20.1 Å². The Bertz CT molecular complexity index is 732. The first-order valence-corrected chi connectivity index (χ1v) is 9.00. The lowest BCUT2D eigenvalue weighted by Crippen LogP contribution is -2.42. The summed E-state index contributed by atoms with van der Waals surface area (Å²) in [5.74, 6) is 0.817. The zero-order valence-electron chi connectivity index (χ0n) is 15.5. The van der Waals surface area contributed by atoms with Crippen molar-refractivity contribution in [2.24, 2.45) is 0 Å². The summed E-state index contributed by atoms with van der Waals surface area (Å²) < 4.78 is 13.5. The molecule has 0 unspecified atom stereocenters. The van der Waals surface area contributed by atoms with Crippen LogP contribution in [0.25, 0.3) is 0 Å². The molecule has 140 valence electrons. The monoisotopic (exact) mass is 358 g/mol. The van der Waals surface area contributed by atoms with Gasteiger partial charge in [-0.2, -0.15) is 5.10 Å². The molecule has 0 bridgehead atoms. The van der Waals surface area contributed by atoms with Crippen LogP contribution in [0.2, 0.25) is 0 Å². The average Bonchev–Trinajstić information content (AvgIpc) is 3.13. The van der Waals surface area contributed by atoms with E-state index in [0.29, 0.717) is 6.54 Å². The molecule has 1 saturated heterocycles. The molecule has 0 saturated carbocycles. The minimum Gasteiger partial charge on any atom is -0.496 e. The Morgan fingerprint density at radius 3 is 2.92 bits per heavy atom. The molecule has 3 rings (SSSR count). The van der Waals surface area contributed by atoms with Crippen molar-refractivity contribution in [3.05, 3.63) is 42.0 Å².